The van der Waals surface area contributed by atoms with Crippen molar-refractivity contribution in [1.29, 1.82) is 0 Å². The molecular weight excluding hydrogens is 305 g/mol. The Kier molecular flexibility index (Phi) is 3.33. The number of hydrogen-bond acceptors (Lipinski definition) is 2. The van der Waals surface area contributed by atoms with Gasteiger partial charge in [0.2, 0.25) is 5.91 Å². The minimum Gasteiger partial charge on any atom is -0.355 e. The fraction of sp³-hybridized carbons (Fsp3) is 0.941. The first-order chi connectivity index (χ1) is 10.9. The number of carbonyl (C=O) groups excluding carboxylic acids is 1. The van der Waals surface area contributed by atoms with Crippen molar-refractivity contribution in [3.63, 3.8) is 0 Å². The first-order valence-corrected chi connectivity index (χ1v) is 8.91. The smallest absolute Gasteiger partial charge is 0.355 e. The van der Waals surface area contributed by atoms with E-state index in [1.165, 1.54) is 19.3 Å². The molecule has 4 aliphatic rings. The van der Waals surface area contributed by atoms with Gasteiger partial charge in [-0.15, -0.1) is 0 Å². The molecule has 0 aromatic heterocycles. The molecule has 2 N–H and O–H groups in total. The average molecular weight is 330 g/mol. The molecule has 130 valence electrons. The zero-order chi connectivity index (χ0) is 16.3. The lowest BCUT2D eigenvalue weighted by Gasteiger charge is -2.30. The van der Waals surface area contributed by atoms with Crippen LogP contribution >= 0.6 is 0 Å². The van der Waals surface area contributed by atoms with Gasteiger partial charge in [0.25, 0.3) is 0 Å². The van der Waals surface area contributed by atoms with E-state index in [9.17, 15) is 18.0 Å². The van der Waals surface area contributed by atoms with Gasteiger partial charge in [-0.2, -0.15) is 13.2 Å². The van der Waals surface area contributed by atoms with E-state index < -0.39 is 17.0 Å². The maximum atomic E-state index is 13.3. The molecule has 0 spiro atoms. The summed E-state index contributed by atoms with van der Waals surface area (Å²) in [6, 6.07) is 0. The molecule has 0 unspecified atom stereocenters. The molecule has 4 rings (SSSR count). The lowest BCUT2D eigenvalue weighted by molar-refractivity contribution is -0.190. The Balaban J connectivity index is 1.39. The maximum absolute atomic E-state index is 13.3. The van der Waals surface area contributed by atoms with Crippen LogP contribution in [0.2, 0.25) is 0 Å². The summed E-state index contributed by atoms with van der Waals surface area (Å²) >= 11 is 0. The van der Waals surface area contributed by atoms with Crippen LogP contribution in [-0.2, 0) is 4.79 Å². The molecule has 0 bridgehead atoms. The summed E-state index contributed by atoms with van der Waals surface area (Å²) in [5.74, 6) is 0.468. The highest BCUT2D eigenvalue weighted by Crippen LogP contribution is 2.72. The normalized spacial score (nSPS) is 38.9. The van der Waals surface area contributed by atoms with Crippen molar-refractivity contribution in [2.75, 3.05) is 19.6 Å². The maximum Gasteiger partial charge on any atom is 0.396 e. The Morgan fingerprint density at radius 1 is 1.13 bits per heavy atom. The fourth-order valence-corrected chi connectivity index (χ4v) is 5.36. The third-order valence-electron chi connectivity index (χ3n) is 7.18. The molecule has 3 aliphatic carbocycles. The van der Waals surface area contributed by atoms with Crippen LogP contribution in [0.1, 0.15) is 51.4 Å². The molecule has 2 atom stereocenters. The highest BCUT2D eigenvalue weighted by molar-refractivity contribution is 5.85. The van der Waals surface area contributed by atoms with Crippen molar-refractivity contribution in [2.45, 2.75) is 57.5 Å². The standard InChI is InChI=1S/C17H25F3N2O/c18-17(19,20)16-8-14(16,9-21-11-16)10-22-13(23)15(6-7-15)12-4-2-1-3-5-12/h12,21H,1-11H2,(H,22,23)/t14-,16-/m0/s1. The number of nitrogens with one attached hydrogen (secondary N) is 2. The van der Waals surface area contributed by atoms with Gasteiger partial charge in [0.15, 0.2) is 0 Å². The van der Waals surface area contributed by atoms with E-state index in [0.29, 0.717) is 12.5 Å². The van der Waals surface area contributed by atoms with Gasteiger partial charge >= 0.3 is 6.18 Å². The Bertz CT molecular complexity index is 510. The van der Waals surface area contributed by atoms with Crippen molar-refractivity contribution < 1.29 is 18.0 Å². The van der Waals surface area contributed by atoms with Crippen LogP contribution in [0.15, 0.2) is 0 Å². The van der Waals surface area contributed by atoms with Crippen molar-refractivity contribution in [1.82, 2.24) is 10.6 Å². The lowest BCUT2D eigenvalue weighted by Crippen LogP contribution is -2.42. The summed E-state index contributed by atoms with van der Waals surface area (Å²) in [4.78, 5) is 12.7. The van der Waals surface area contributed by atoms with Crippen molar-refractivity contribution in [3.8, 4) is 0 Å². The lowest BCUT2D eigenvalue weighted by atomic mass is 9.77. The molecule has 4 fully saturated rings. The third kappa shape index (κ3) is 2.16. The van der Waals surface area contributed by atoms with Crippen LogP contribution in [0.3, 0.4) is 0 Å². The first-order valence-electron chi connectivity index (χ1n) is 8.91. The number of fused-ring (bicyclic) bond motifs is 1. The second-order valence-electron chi connectivity index (χ2n) is 8.31. The fourth-order valence-electron chi connectivity index (χ4n) is 5.36. The van der Waals surface area contributed by atoms with Crippen LogP contribution in [0.5, 0.6) is 0 Å². The molecule has 3 nitrogen and oxygen atoms in total. The molecule has 0 aromatic carbocycles. The Morgan fingerprint density at radius 2 is 1.83 bits per heavy atom. The summed E-state index contributed by atoms with van der Waals surface area (Å²) in [6.45, 7) is 0.538. The molecule has 6 heteroatoms. The van der Waals surface area contributed by atoms with Gasteiger partial charge in [0.05, 0.1) is 10.8 Å². The largest absolute Gasteiger partial charge is 0.396 e. The number of alkyl halides is 3. The van der Waals surface area contributed by atoms with Crippen molar-refractivity contribution in [3.05, 3.63) is 0 Å². The van der Waals surface area contributed by atoms with Gasteiger partial charge in [-0.05, 0) is 38.0 Å². The van der Waals surface area contributed by atoms with E-state index in [2.05, 4.69) is 10.6 Å². The van der Waals surface area contributed by atoms with Gasteiger partial charge in [-0.3, -0.25) is 4.79 Å². The molecule has 1 saturated heterocycles. The first kappa shape index (κ1) is 15.7. The predicted octanol–water partition coefficient (Wildman–Crippen LogP) is 3.01. The Morgan fingerprint density at radius 3 is 2.39 bits per heavy atom. The monoisotopic (exact) mass is 330 g/mol. The molecule has 1 aliphatic heterocycles. The molecule has 3 saturated carbocycles. The molecule has 1 heterocycles. The number of carbonyl (C=O) groups is 1. The average Bonchev–Trinajstić information content (AvgIpc) is 3.42. The van der Waals surface area contributed by atoms with E-state index >= 15 is 0 Å². The zero-order valence-corrected chi connectivity index (χ0v) is 13.4. The van der Waals surface area contributed by atoms with Crippen LogP contribution in [0, 0.1) is 22.2 Å². The van der Waals surface area contributed by atoms with Gasteiger partial charge in [0, 0.05) is 25.0 Å². The summed E-state index contributed by atoms with van der Waals surface area (Å²) in [7, 11) is 0. The van der Waals surface area contributed by atoms with E-state index in [1.54, 1.807) is 0 Å². The minimum atomic E-state index is -4.18. The van der Waals surface area contributed by atoms with Gasteiger partial charge < -0.3 is 10.6 Å². The molecule has 23 heavy (non-hydrogen) atoms. The minimum absolute atomic E-state index is 0.000137. The molecule has 0 radical (unpaired) electrons. The number of hydrogen-bond donors (Lipinski definition) is 2. The number of halogens is 3. The quantitative estimate of drug-likeness (QED) is 0.832. The summed E-state index contributed by atoms with van der Waals surface area (Å²) in [5.41, 5.74) is -2.66. The topological polar surface area (TPSA) is 41.1 Å². The van der Waals surface area contributed by atoms with E-state index in [1.807, 2.05) is 0 Å². The summed E-state index contributed by atoms with van der Waals surface area (Å²) in [5, 5.41) is 5.80. The summed E-state index contributed by atoms with van der Waals surface area (Å²) < 4.78 is 40.0. The second kappa shape index (κ2) is 4.87. The number of piperidine rings is 1. The Labute approximate surface area is 134 Å². The predicted molar refractivity (Wildman–Crippen MR) is 79.7 cm³/mol. The number of rotatable bonds is 4. The molecule has 0 aromatic rings. The van der Waals surface area contributed by atoms with E-state index in [0.717, 1.165) is 25.7 Å². The van der Waals surface area contributed by atoms with Crippen LogP contribution in [-0.4, -0.2) is 31.7 Å². The second-order valence-corrected chi connectivity index (χ2v) is 8.31. The van der Waals surface area contributed by atoms with Crippen LogP contribution < -0.4 is 10.6 Å². The molecular formula is C17H25F3N2O. The zero-order valence-electron chi connectivity index (χ0n) is 13.4. The van der Waals surface area contributed by atoms with Crippen molar-refractivity contribution >= 4 is 5.91 Å². The van der Waals surface area contributed by atoms with Crippen LogP contribution in [0.4, 0.5) is 13.2 Å². The van der Waals surface area contributed by atoms with E-state index in [-0.39, 0.29) is 30.8 Å². The highest BCUT2D eigenvalue weighted by atomic mass is 19.4. The van der Waals surface area contributed by atoms with Crippen LogP contribution in [0.25, 0.3) is 0 Å². The third-order valence-corrected chi connectivity index (χ3v) is 7.18. The van der Waals surface area contributed by atoms with Gasteiger partial charge in [-0.25, -0.2) is 0 Å². The Hall–Kier alpha value is -0.780. The van der Waals surface area contributed by atoms with Crippen molar-refractivity contribution in [2.24, 2.45) is 22.2 Å². The van der Waals surface area contributed by atoms with E-state index in [4.69, 9.17) is 0 Å². The SMILES string of the molecule is O=C(NC[C@]12CNC[C@@]1(C(F)(F)F)C2)C1(C2CCCCC2)CC1. The molecule has 1 amide bonds. The number of amides is 1. The summed E-state index contributed by atoms with van der Waals surface area (Å²) in [6.07, 6.45) is 3.64. The highest BCUT2D eigenvalue weighted by Gasteiger charge is 2.81. The van der Waals surface area contributed by atoms with Gasteiger partial charge in [-0.1, -0.05) is 19.3 Å². The van der Waals surface area contributed by atoms with Gasteiger partial charge in [0.1, 0.15) is 0 Å².